The Morgan fingerprint density at radius 3 is 2.50 bits per heavy atom. The molecule has 3 nitrogen and oxygen atoms in total. The molecule has 1 atom stereocenters. The Bertz CT molecular complexity index is 376. The first kappa shape index (κ1) is 16.7. The molecule has 0 radical (unpaired) electrons. The summed E-state index contributed by atoms with van der Waals surface area (Å²) in [4.78, 5) is 11.8. The van der Waals surface area contributed by atoms with Gasteiger partial charge in [-0.25, -0.2) is 0 Å². The standard InChI is InChI=1S/C17H28N2O/c1-14(2)8-6-7-13-19-17(20)16(18)12-11-15-9-4-3-5-10-15/h3-5,9-10,14,16H,6-8,11-13,18H2,1-2H3,(H,19,20). The smallest absolute Gasteiger partial charge is 0.236 e. The molecule has 0 saturated carbocycles. The molecule has 0 bridgehead atoms. The molecule has 1 unspecified atom stereocenters. The van der Waals surface area contributed by atoms with Crippen molar-refractivity contribution in [2.75, 3.05) is 6.54 Å². The number of hydrogen-bond donors (Lipinski definition) is 2. The van der Waals surface area contributed by atoms with Gasteiger partial charge in [-0.3, -0.25) is 4.79 Å². The van der Waals surface area contributed by atoms with Crippen molar-refractivity contribution >= 4 is 5.91 Å². The van der Waals surface area contributed by atoms with E-state index in [4.69, 9.17) is 5.73 Å². The quantitative estimate of drug-likeness (QED) is 0.681. The van der Waals surface area contributed by atoms with Crippen molar-refractivity contribution in [3.8, 4) is 0 Å². The highest BCUT2D eigenvalue weighted by Gasteiger charge is 2.12. The minimum absolute atomic E-state index is 0.0227. The SMILES string of the molecule is CC(C)CCCCNC(=O)C(N)CCc1ccccc1. The van der Waals surface area contributed by atoms with Crippen LogP contribution < -0.4 is 11.1 Å². The molecule has 0 aliphatic rings. The molecule has 1 aromatic carbocycles. The lowest BCUT2D eigenvalue weighted by atomic mass is 10.0. The fourth-order valence-corrected chi connectivity index (χ4v) is 2.12. The molecule has 0 aromatic heterocycles. The summed E-state index contributed by atoms with van der Waals surface area (Å²) in [6.45, 7) is 5.18. The van der Waals surface area contributed by atoms with E-state index in [0.717, 1.165) is 31.7 Å². The van der Waals surface area contributed by atoms with E-state index >= 15 is 0 Å². The van der Waals surface area contributed by atoms with Crippen LogP contribution in [0.5, 0.6) is 0 Å². The summed E-state index contributed by atoms with van der Waals surface area (Å²) in [7, 11) is 0. The average molecular weight is 276 g/mol. The van der Waals surface area contributed by atoms with Gasteiger partial charge in [0, 0.05) is 6.54 Å². The van der Waals surface area contributed by atoms with E-state index in [1.165, 1.54) is 12.0 Å². The molecule has 1 amide bonds. The molecular formula is C17H28N2O. The summed E-state index contributed by atoms with van der Waals surface area (Å²) in [6, 6.07) is 9.74. The summed E-state index contributed by atoms with van der Waals surface area (Å²) < 4.78 is 0. The van der Waals surface area contributed by atoms with Crippen LogP contribution in [0.15, 0.2) is 30.3 Å². The molecule has 0 spiro atoms. The maximum absolute atomic E-state index is 11.8. The van der Waals surface area contributed by atoms with Crippen LogP contribution in [0, 0.1) is 5.92 Å². The number of carbonyl (C=O) groups excluding carboxylic acids is 1. The second-order valence-corrected chi connectivity index (χ2v) is 5.81. The second kappa shape index (κ2) is 9.54. The van der Waals surface area contributed by atoms with Gasteiger partial charge in [0.15, 0.2) is 0 Å². The predicted molar refractivity (Wildman–Crippen MR) is 84.4 cm³/mol. The molecule has 112 valence electrons. The summed E-state index contributed by atoms with van der Waals surface area (Å²) in [5.41, 5.74) is 7.15. The topological polar surface area (TPSA) is 55.1 Å². The maximum atomic E-state index is 11.8. The third-order valence-corrected chi connectivity index (χ3v) is 3.43. The van der Waals surface area contributed by atoms with E-state index in [1.807, 2.05) is 18.2 Å². The lowest BCUT2D eigenvalue weighted by molar-refractivity contribution is -0.122. The van der Waals surface area contributed by atoms with Gasteiger partial charge in [-0.1, -0.05) is 57.0 Å². The lowest BCUT2D eigenvalue weighted by Gasteiger charge is -2.12. The first-order valence-corrected chi connectivity index (χ1v) is 7.67. The number of aryl methyl sites for hydroxylation is 1. The Morgan fingerprint density at radius 2 is 1.85 bits per heavy atom. The molecular weight excluding hydrogens is 248 g/mol. The largest absolute Gasteiger partial charge is 0.355 e. The van der Waals surface area contributed by atoms with Crippen molar-refractivity contribution in [3.05, 3.63) is 35.9 Å². The first-order valence-electron chi connectivity index (χ1n) is 7.67. The molecule has 1 rings (SSSR count). The summed E-state index contributed by atoms with van der Waals surface area (Å²) in [6.07, 6.45) is 4.97. The molecule has 3 heteroatoms. The zero-order chi connectivity index (χ0) is 14.8. The summed E-state index contributed by atoms with van der Waals surface area (Å²) in [5.74, 6) is 0.712. The number of carbonyl (C=O) groups is 1. The maximum Gasteiger partial charge on any atom is 0.236 e. The third-order valence-electron chi connectivity index (χ3n) is 3.43. The Morgan fingerprint density at radius 1 is 1.15 bits per heavy atom. The van der Waals surface area contributed by atoms with Crippen LogP contribution in [0.2, 0.25) is 0 Å². The number of nitrogens with two attached hydrogens (primary N) is 1. The highest BCUT2D eigenvalue weighted by atomic mass is 16.2. The van der Waals surface area contributed by atoms with Crippen LogP contribution in [-0.2, 0) is 11.2 Å². The molecule has 20 heavy (non-hydrogen) atoms. The van der Waals surface area contributed by atoms with Gasteiger partial charge in [0.05, 0.1) is 6.04 Å². The fourth-order valence-electron chi connectivity index (χ4n) is 2.12. The fraction of sp³-hybridized carbons (Fsp3) is 0.588. The highest BCUT2D eigenvalue weighted by Crippen LogP contribution is 2.06. The van der Waals surface area contributed by atoms with Crippen molar-refractivity contribution in [1.82, 2.24) is 5.32 Å². The number of unbranched alkanes of at least 4 members (excludes halogenated alkanes) is 1. The van der Waals surface area contributed by atoms with Gasteiger partial charge in [0.1, 0.15) is 0 Å². The number of rotatable bonds is 9. The molecule has 0 saturated heterocycles. The summed E-state index contributed by atoms with van der Waals surface area (Å²) in [5, 5.41) is 2.93. The lowest BCUT2D eigenvalue weighted by Crippen LogP contribution is -2.41. The number of nitrogens with one attached hydrogen (secondary N) is 1. The normalized spacial score (nSPS) is 12.4. The van der Waals surface area contributed by atoms with Crippen molar-refractivity contribution < 1.29 is 4.79 Å². The summed E-state index contributed by atoms with van der Waals surface area (Å²) >= 11 is 0. The molecule has 0 fully saturated rings. The molecule has 0 aliphatic heterocycles. The van der Waals surface area contributed by atoms with E-state index in [9.17, 15) is 4.79 Å². The van der Waals surface area contributed by atoms with Crippen LogP contribution in [-0.4, -0.2) is 18.5 Å². The van der Waals surface area contributed by atoms with Gasteiger partial charge >= 0.3 is 0 Å². The Hall–Kier alpha value is -1.35. The van der Waals surface area contributed by atoms with E-state index < -0.39 is 6.04 Å². The van der Waals surface area contributed by atoms with E-state index in [1.54, 1.807) is 0 Å². The predicted octanol–water partition coefficient (Wildman–Crippen LogP) is 2.89. The Kier molecular flexibility index (Phi) is 7.97. The Balaban J connectivity index is 2.13. The second-order valence-electron chi connectivity index (χ2n) is 5.81. The molecule has 1 aromatic rings. The molecule has 0 aliphatic carbocycles. The van der Waals surface area contributed by atoms with E-state index in [-0.39, 0.29) is 5.91 Å². The van der Waals surface area contributed by atoms with Crippen LogP contribution >= 0.6 is 0 Å². The third kappa shape index (κ3) is 7.29. The first-order chi connectivity index (χ1) is 9.59. The molecule has 0 heterocycles. The van der Waals surface area contributed by atoms with Gasteiger partial charge in [-0.15, -0.1) is 0 Å². The van der Waals surface area contributed by atoms with Gasteiger partial charge < -0.3 is 11.1 Å². The van der Waals surface area contributed by atoms with Crippen LogP contribution in [0.25, 0.3) is 0 Å². The molecule has 3 N–H and O–H groups in total. The van der Waals surface area contributed by atoms with Gasteiger partial charge in [0.2, 0.25) is 5.91 Å². The van der Waals surface area contributed by atoms with Crippen LogP contribution in [0.3, 0.4) is 0 Å². The minimum atomic E-state index is -0.402. The minimum Gasteiger partial charge on any atom is -0.355 e. The van der Waals surface area contributed by atoms with Crippen molar-refractivity contribution in [2.24, 2.45) is 11.7 Å². The van der Waals surface area contributed by atoms with Crippen molar-refractivity contribution in [3.63, 3.8) is 0 Å². The van der Waals surface area contributed by atoms with Crippen molar-refractivity contribution in [1.29, 1.82) is 0 Å². The number of benzene rings is 1. The highest BCUT2D eigenvalue weighted by molar-refractivity contribution is 5.81. The van der Waals surface area contributed by atoms with E-state index in [2.05, 4.69) is 31.3 Å². The van der Waals surface area contributed by atoms with Crippen LogP contribution in [0.1, 0.15) is 45.1 Å². The zero-order valence-corrected chi connectivity index (χ0v) is 12.8. The number of hydrogen-bond acceptors (Lipinski definition) is 2. The van der Waals surface area contributed by atoms with Crippen LogP contribution in [0.4, 0.5) is 0 Å². The van der Waals surface area contributed by atoms with Gasteiger partial charge in [-0.2, -0.15) is 0 Å². The van der Waals surface area contributed by atoms with Gasteiger partial charge in [0.25, 0.3) is 0 Å². The Labute approximate surface area is 122 Å². The monoisotopic (exact) mass is 276 g/mol. The van der Waals surface area contributed by atoms with Crippen molar-refractivity contribution in [2.45, 2.75) is 52.0 Å². The zero-order valence-electron chi connectivity index (χ0n) is 12.8. The number of amides is 1. The average Bonchev–Trinajstić information content (AvgIpc) is 2.45. The van der Waals surface area contributed by atoms with E-state index in [0.29, 0.717) is 6.42 Å². The van der Waals surface area contributed by atoms with Gasteiger partial charge in [-0.05, 0) is 30.7 Å².